The Balaban J connectivity index is 2.58. The molecule has 0 heterocycles. The monoisotopic (exact) mass is 353 g/mol. The molecule has 0 amide bonds. The number of terminal acetylenes is 1. The molecule has 0 aliphatic rings. The Morgan fingerprint density at radius 2 is 2.19 bits per heavy atom. The number of aliphatic hydroxyl groups is 1. The molecule has 1 rings (SSSR count). The van der Waals surface area contributed by atoms with E-state index in [1.807, 2.05) is 18.2 Å². The summed E-state index contributed by atoms with van der Waals surface area (Å²) >= 11 is 3.48. The second-order valence-electron chi connectivity index (χ2n) is 5.84. The van der Waals surface area contributed by atoms with Gasteiger partial charge in [0.05, 0.1) is 0 Å². The number of nitrogens with one attached hydrogen (secondary N) is 1. The summed E-state index contributed by atoms with van der Waals surface area (Å²) in [5.41, 5.74) is 1.24. The second-order valence-corrected chi connectivity index (χ2v) is 6.76. The predicted octanol–water partition coefficient (Wildman–Crippen LogP) is 3.35. The van der Waals surface area contributed by atoms with Gasteiger partial charge in [-0.3, -0.25) is 0 Å². The molecule has 4 heteroatoms. The minimum absolute atomic E-state index is 0.161. The highest BCUT2D eigenvalue weighted by Crippen LogP contribution is 2.24. The lowest BCUT2D eigenvalue weighted by Crippen LogP contribution is -2.29. The molecule has 0 unspecified atom stereocenters. The average Bonchev–Trinajstić information content (AvgIpc) is 2.44. The highest BCUT2D eigenvalue weighted by Gasteiger charge is 2.17. The van der Waals surface area contributed by atoms with Crippen molar-refractivity contribution in [3.05, 3.63) is 28.2 Å². The van der Waals surface area contributed by atoms with E-state index >= 15 is 0 Å². The summed E-state index contributed by atoms with van der Waals surface area (Å²) in [6.45, 7) is 6.53. The van der Waals surface area contributed by atoms with Gasteiger partial charge in [-0.2, -0.15) is 0 Å². The van der Waals surface area contributed by atoms with Crippen LogP contribution < -0.4 is 10.1 Å². The van der Waals surface area contributed by atoms with Crippen molar-refractivity contribution in [3.8, 4) is 18.1 Å². The Labute approximate surface area is 136 Å². The third-order valence-electron chi connectivity index (χ3n) is 3.26. The largest absolute Gasteiger partial charge is 0.481 e. The maximum atomic E-state index is 8.92. The zero-order valence-electron chi connectivity index (χ0n) is 12.8. The maximum absolute atomic E-state index is 8.92. The first kappa shape index (κ1) is 18.0. The van der Waals surface area contributed by atoms with E-state index in [0.29, 0.717) is 0 Å². The zero-order valence-corrected chi connectivity index (χ0v) is 14.4. The third kappa shape index (κ3) is 6.99. The van der Waals surface area contributed by atoms with Gasteiger partial charge in [0.25, 0.3) is 0 Å². The molecule has 0 aliphatic carbocycles. The number of rotatable bonds is 9. The molecule has 0 radical (unpaired) electrons. The van der Waals surface area contributed by atoms with Gasteiger partial charge in [0, 0.05) is 29.7 Å². The molecule has 0 atom stereocenters. The van der Waals surface area contributed by atoms with E-state index in [4.69, 9.17) is 16.3 Å². The molecule has 2 N–H and O–H groups in total. The third-order valence-corrected chi connectivity index (χ3v) is 3.76. The minimum Gasteiger partial charge on any atom is -0.481 e. The van der Waals surface area contributed by atoms with Crippen LogP contribution in [0.4, 0.5) is 0 Å². The van der Waals surface area contributed by atoms with Crippen molar-refractivity contribution in [1.82, 2.24) is 5.32 Å². The topological polar surface area (TPSA) is 41.5 Å². The normalized spacial score (nSPS) is 11.2. The number of benzene rings is 1. The van der Waals surface area contributed by atoms with Crippen LogP contribution in [0.15, 0.2) is 22.7 Å². The standard InChI is InChI=1S/C17H24BrNO2/c1-4-10-21-16-7-6-15(18)11-14(16)12-19-13-17(2,3)8-5-9-20/h1,6-7,11,19-20H,5,8-10,12-13H2,2-3H3. The van der Waals surface area contributed by atoms with E-state index < -0.39 is 0 Å². The second kappa shape index (κ2) is 9.09. The first-order valence-corrected chi connectivity index (χ1v) is 7.94. The van der Waals surface area contributed by atoms with Crippen molar-refractivity contribution in [2.75, 3.05) is 19.8 Å². The molecule has 0 bridgehead atoms. The summed E-state index contributed by atoms with van der Waals surface area (Å²) < 4.78 is 6.58. The molecular weight excluding hydrogens is 330 g/mol. The SMILES string of the molecule is C#CCOc1ccc(Br)cc1CNCC(C)(C)CCCO. The Hall–Kier alpha value is -1.02. The Morgan fingerprint density at radius 3 is 2.86 bits per heavy atom. The fourth-order valence-electron chi connectivity index (χ4n) is 2.13. The fraction of sp³-hybridized carbons (Fsp3) is 0.529. The van der Waals surface area contributed by atoms with Gasteiger partial charge in [-0.25, -0.2) is 0 Å². The van der Waals surface area contributed by atoms with Gasteiger partial charge in [0.15, 0.2) is 0 Å². The fourth-order valence-corrected chi connectivity index (χ4v) is 2.54. The van der Waals surface area contributed by atoms with Crippen molar-refractivity contribution in [1.29, 1.82) is 0 Å². The smallest absolute Gasteiger partial charge is 0.148 e. The summed E-state index contributed by atoms with van der Waals surface area (Å²) in [5, 5.41) is 12.4. The van der Waals surface area contributed by atoms with E-state index in [1.165, 1.54) is 0 Å². The van der Waals surface area contributed by atoms with Crippen LogP contribution >= 0.6 is 15.9 Å². The summed E-state index contributed by atoms with van der Waals surface area (Å²) in [6, 6.07) is 5.91. The lowest BCUT2D eigenvalue weighted by Gasteiger charge is -2.25. The molecule has 0 saturated heterocycles. The van der Waals surface area contributed by atoms with E-state index in [9.17, 15) is 0 Å². The van der Waals surface area contributed by atoms with Gasteiger partial charge in [0.1, 0.15) is 12.4 Å². The number of halogens is 1. The van der Waals surface area contributed by atoms with Gasteiger partial charge in [-0.15, -0.1) is 6.42 Å². The molecule has 116 valence electrons. The van der Waals surface area contributed by atoms with Crippen molar-refractivity contribution < 1.29 is 9.84 Å². The average molecular weight is 354 g/mol. The highest BCUT2D eigenvalue weighted by atomic mass is 79.9. The number of aliphatic hydroxyl groups excluding tert-OH is 1. The van der Waals surface area contributed by atoms with Gasteiger partial charge in [0.2, 0.25) is 0 Å². The molecule has 0 fully saturated rings. The molecule has 0 spiro atoms. The van der Waals surface area contributed by atoms with Gasteiger partial charge in [-0.1, -0.05) is 35.7 Å². The van der Waals surface area contributed by atoms with E-state index in [2.05, 4.69) is 41.0 Å². The van der Waals surface area contributed by atoms with Crippen molar-refractivity contribution >= 4 is 15.9 Å². The zero-order chi connectivity index (χ0) is 15.7. The quantitative estimate of drug-likeness (QED) is 0.669. The van der Waals surface area contributed by atoms with E-state index in [-0.39, 0.29) is 18.6 Å². The minimum atomic E-state index is 0.161. The summed E-state index contributed by atoms with van der Waals surface area (Å²) in [5.74, 6) is 3.30. The molecule has 0 aliphatic heterocycles. The lowest BCUT2D eigenvalue weighted by atomic mass is 9.88. The molecule has 3 nitrogen and oxygen atoms in total. The number of hydrogen-bond acceptors (Lipinski definition) is 3. The van der Waals surface area contributed by atoms with Crippen LogP contribution in [-0.2, 0) is 6.54 Å². The van der Waals surface area contributed by atoms with Crippen LogP contribution in [-0.4, -0.2) is 24.9 Å². The van der Waals surface area contributed by atoms with Crippen molar-refractivity contribution in [3.63, 3.8) is 0 Å². The summed E-state index contributed by atoms with van der Waals surface area (Å²) in [6.07, 6.45) is 7.07. The first-order chi connectivity index (χ1) is 9.98. The van der Waals surface area contributed by atoms with Crippen molar-refractivity contribution in [2.45, 2.75) is 33.2 Å². The van der Waals surface area contributed by atoms with Crippen LogP contribution in [0.5, 0.6) is 5.75 Å². The molecular formula is C17H24BrNO2. The summed E-state index contributed by atoms with van der Waals surface area (Å²) in [4.78, 5) is 0. The van der Waals surface area contributed by atoms with Crippen LogP contribution in [0.1, 0.15) is 32.3 Å². The van der Waals surface area contributed by atoms with E-state index in [0.717, 1.165) is 41.7 Å². The van der Waals surface area contributed by atoms with Gasteiger partial charge < -0.3 is 15.2 Å². The van der Waals surface area contributed by atoms with Gasteiger partial charge in [-0.05, 0) is 36.5 Å². The predicted molar refractivity (Wildman–Crippen MR) is 90.3 cm³/mol. The Bertz CT molecular complexity index is 480. The lowest BCUT2D eigenvalue weighted by molar-refractivity contribution is 0.236. The van der Waals surface area contributed by atoms with Crippen LogP contribution in [0, 0.1) is 17.8 Å². The van der Waals surface area contributed by atoms with Crippen LogP contribution in [0.2, 0.25) is 0 Å². The Morgan fingerprint density at radius 1 is 1.43 bits per heavy atom. The van der Waals surface area contributed by atoms with E-state index in [1.54, 1.807) is 0 Å². The van der Waals surface area contributed by atoms with Crippen molar-refractivity contribution in [2.24, 2.45) is 5.41 Å². The molecule has 1 aromatic rings. The van der Waals surface area contributed by atoms with Crippen LogP contribution in [0.25, 0.3) is 0 Å². The Kier molecular flexibility index (Phi) is 7.81. The summed E-state index contributed by atoms with van der Waals surface area (Å²) in [7, 11) is 0. The number of ether oxygens (including phenoxy) is 1. The molecule has 21 heavy (non-hydrogen) atoms. The number of hydrogen-bond donors (Lipinski definition) is 2. The van der Waals surface area contributed by atoms with Crippen LogP contribution in [0.3, 0.4) is 0 Å². The molecule has 1 aromatic carbocycles. The first-order valence-electron chi connectivity index (χ1n) is 7.15. The van der Waals surface area contributed by atoms with Gasteiger partial charge >= 0.3 is 0 Å². The molecule has 0 aromatic heterocycles. The highest BCUT2D eigenvalue weighted by molar-refractivity contribution is 9.10. The maximum Gasteiger partial charge on any atom is 0.148 e. The molecule has 0 saturated carbocycles.